The van der Waals surface area contributed by atoms with Gasteiger partial charge in [0.05, 0.1) is 0 Å². The Hall–Kier alpha value is -0.0800. The Bertz CT molecular complexity index is 195. The van der Waals surface area contributed by atoms with Crippen LogP contribution in [-0.2, 0) is 0 Å². The molecule has 1 atom stereocenters. The van der Waals surface area contributed by atoms with Crippen molar-refractivity contribution in [1.29, 1.82) is 0 Å². The second kappa shape index (κ2) is 7.38. The normalized spacial score (nSPS) is 27.7. The lowest BCUT2D eigenvalue weighted by Crippen LogP contribution is -2.42. The molecule has 1 aliphatic carbocycles. The first-order chi connectivity index (χ1) is 8.00. The van der Waals surface area contributed by atoms with Crippen molar-refractivity contribution in [3.8, 4) is 0 Å². The van der Waals surface area contributed by atoms with Gasteiger partial charge in [0.2, 0.25) is 0 Å². The van der Waals surface area contributed by atoms with Crippen LogP contribution in [0.1, 0.15) is 59.8 Å². The van der Waals surface area contributed by atoms with Gasteiger partial charge in [-0.3, -0.25) is 0 Å². The number of hydrogen-bond donors (Lipinski definition) is 1. The topological polar surface area (TPSA) is 15.3 Å². The molecule has 0 aromatic rings. The molecule has 1 unspecified atom stereocenters. The van der Waals surface area contributed by atoms with E-state index in [1.807, 2.05) is 0 Å². The number of rotatable bonds is 6. The van der Waals surface area contributed by atoms with E-state index >= 15 is 0 Å². The third-order valence-corrected chi connectivity index (χ3v) is 4.37. The van der Waals surface area contributed by atoms with E-state index in [-0.39, 0.29) is 0 Å². The summed E-state index contributed by atoms with van der Waals surface area (Å²) in [6.07, 6.45) is 6.91. The molecule has 1 rings (SSSR count). The van der Waals surface area contributed by atoms with Crippen LogP contribution in [0.3, 0.4) is 0 Å². The van der Waals surface area contributed by atoms with E-state index in [1.165, 1.54) is 32.1 Å². The zero-order valence-corrected chi connectivity index (χ0v) is 12.5. The molecule has 0 aliphatic heterocycles. The zero-order chi connectivity index (χ0) is 12.8. The van der Waals surface area contributed by atoms with Gasteiger partial charge in [0.1, 0.15) is 0 Å². The molecule has 2 nitrogen and oxygen atoms in total. The average Bonchev–Trinajstić information content (AvgIpc) is 2.28. The van der Waals surface area contributed by atoms with E-state index in [4.69, 9.17) is 0 Å². The SMILES string of the molecule is CC1CCC(N(C)C(C)CCNC(C)C)CC1. The molecular weight excluding hydrogens is 208 g/mol. The van der Waals surface area contributed by atoms with Gasteiger partial charge in [0, 0.05) is 18.1 Å². The third-order valence-electron chi connectivity index (χ3n) is 4.37. The van der Waals surface area contributed by atoms with Gasteiger partial charge in [0.25, 0.3) is 0 Å². The first kappa shape index (κ1) is 15.0. The van der Waals surface area contributed by atoms with Crippen LogP contribution in [0.4, 0.5) is 0 Å². The van der Waals surface area contributed by atoms with Crippen molar-refractivity contribution >= 4 is 0 Å². The Morgan fingerprint density at radius 3 is 2.24 bits per heavy atom. The van der Waals surface area contributed by atoms with Crippen molar-refractivity contribution in [3.63, 3.8) is 0 Å². The molecule has 0 spiro atoms. The van der Waals surface area contributed by atoms with Gasteiger partial charge >= 0.3 is 0 Å². The zero-order valence-electron chi connectivity index (χ0n) is 12.5. The summed E-state index contributed by atoms with van der Waals surface area (Å²) >= 11 is 0. The highest BCUT2D eigenvalue weighted by Crippen LogP contribution is 2.27. The fourth-order valence-electron chi connectivity index (χ4n) is 2.79. The Labute approximate surface area is 108 Å². The Morgan fingerprint density at radius 2 is 1.71 bits per heavy atom. The van der Waals surface area contributed by atoms with Gasteiger partial charge in [-0.15, -0.1) is 0 Å². The summed E-state index contributed by atoms with van der Waals surface area (Å²) in [5, 5.41) is 3.51. The first-order valence-electron chi connectivity index (χ1n) is 7.46. The van der Waals surface area contributed by atoms with Crippen LogP contribution in [-0.4, -0.2) is 36.6 Å². The van der Waals surface area contributed by atoms with E-state index in [0.29, 0.717) is 12.1 Å². The Kier molecular flexibility index (Phi) is 6.50. The summed E-state index contributed by atoms with van der Waals surface area (Å²) in [6, 6.07) is 2.16. The lowest BCUT2D eigenvalue weighted by Gasteiger charge is -2.37. The Balaban J connectivity index is 2.23. The molecule has 17 heavy (non-hydrogen) atoms. The largest absolute Gasteiger partial charge is 0.314 e. The maximum absolute atomic E-state index is 3.51. The van der Waals surface area contributed by atoms with E-state index in [0.717, 1.165) is 18.5 Å². The fourth-order valence-corrected chi connectivity index (χ4v) is 2.79. The molecule has 0 amide bonds. The van der Waals surface area contributed by atoms with Crippen molar-refractivity contribution in [2.45, 2.75) is 77.9 Å². The molecule has 0 aromatic heterocycles. The summed E-state index contributed by atoms with van der Waals surface area (Å²) in [6.45, 7) is 10.4. The maximum Gasteiger partial charge on any atom is 0.00952 e. The fraction of sp³-hybridized carbons (Fsp3) is 1.00. The molecule has 0 radical (unpaired) electrons. The second-order valence-electron chi connectivity index (χ2n) is 6.33. The van der Waals surface area contributed by atoms with E-state index in [1.54, 1.807) is 0 Å². The van der Waals surface area contributed by atoms with Gasteiger partial charge in [0.15, 0.2) is 0 Å². The van der Waals surface area contributed by atoms with Gasteiger partial charge in [-0.1, -0.05) is 20.8 Å². The predicted octanol–water partition coefficient (Wildman–Crippen LogP) is 3.27. The molecule has 1 N–H and O–H groups in total. The molecule has 1 aliphatic rings. The minimum Gasteiger partial charge on any atom is -0.314 e. The third kappa shape index (κ3) is 5.39. The smallest absolute Gasteiger partial charge is 0.00952 e. The van der Waals surface area contributed by atoms with Crippen LogP contribution in [0, 0.1) is 5.92 Å². The number of nitrogens with one attached hydrogen (secondary N) is 1. The number of hydrogen-bond acceptors (Lipinski definition) is 2. The quantitative estimate of drug-likeness (QED) is 0.766. The minimum absolute atomic E-state index is 0.614. The maximum atomic E-state index is 3.51. The van der Waals surface area contributed by atoms with Crippen LogP contribution in [0.25, 0.3) is 0 Å². The standard InChI is InChI=1S/C15H32N2/c1-12(2)16-11-10-14(4)17(5)15-8-6-13(3)7-9-15/h12-16H,6-11H2,1-5H3. The Morgan fingerprint density at radius 1 is 1.12 bits per heavy atom. The summed E-state index contributed by atoms with van der Waals surface area (Å²) in [5.41, 5.74) is 0. The van der Waals surface area contributed by atoms with Crippen LogP contribution in [0.15, 0.2) is 0 Å². The molecule has 0 heterocycles. The minimum atomic E-state index is 0.614. The number of nitrogens with zero attached hydrogens (tertiary/aromatic N) is 1. The van der Waals surface area contributed by atoms with E-state index in [2.05, 4.69) is 45.0 Å². The molecule has 0 bridgehead atoms. The highest BCUT2D eigenvalue weighted by atomic mass is 15.2. The van der Waals surface area contributed by atoms with Crippen molar-refractivity contribution in [1.82, 2.24) is 10.2 Å². The average molecular weight is 240 g/mol. The summed E-state index contributed by atoms with van der Waals surface area (Å²) in [4.78, 5) is 2.62. The van der Waals surface area contributed by atoms with E-state index < -0.39 is 0 Å². The van der Waals surface area contributed by atoms with E-state index in [9.17, 15) is 0 Å². The van der Waals surface area contributed by atoms with Gasteiger partial charge < -0.3 is 10.2 Å². The van der Waals surface area contributed by atoms with Gasteiger partial charge in [-0.25, -0.2) is 0 Å². The molecule has 1 saturated carbocycles. The molecule has 102 valence electrons. The summed E-state index contributed by atoms with van der Waals surface area (Å²) in [5.74, 6) is 0.956. The van der Waals surface area contributed by atoms with Crippen molar-refractivity contribution in [2.24, 2.45) is 5.92 Å². The second-order valence-corrected chi connectivity index (χ2v) is 6.33. The molecular formula is C15H32N2. The van der Waals surface area contributed by atoms with Crippen molar-refractivity contribution in [2.75, 3.05) is 13.6 Å². The van der Waals surface area contributed by atoms with Crippen LogP contribution < -0.4 is 5.32 Å². The predicted molar refractivity (Wildman–Crippen MR) is 76.4 cm³/mol. The summed E-state index contributed by atoms with van der Waals surface area (Å²) in [7, 11) is 2.32. The molecule has 1 fully saturated rings. The highest BCUT2D eigenvalue weighted by molar-refractivity contribution is 4.79. The van der Waals surface area contributed by atoms with Gasteiger partial charge in [-0.05, 0) is 58.5 Å². The van der Waals surface area contributed by atoms with Crippen molar-refractivity contribution in [3.05, 3.63) is 0 Å². The van der Waals surface area contributed by atoms with Crippen LogP contribution in [0.2, 0.25) is 0 Å². The molecule has 0 saturated heterocycles. The molecule has 0 aromatic carbocycles. The monoisotopic (exact) mass is 240 g/mol. The van der Waals surface area contributed by atoms with Crippen molar-refractivity contribution < 1.29 is 0 Å². The summed E-state index contributed by atoms with van der Waals surface area (Å²) < 4.78 is 0. The van der Waals surface area contributed by atoms with Crippen LogP contribution >= 0.6 is 0 Å². The van der Waals surface area contributed by atoms with Crippen LogP contribution in [0.5, 0.6) is 0 Å². The van der Waals surface area contributed by atoms with Gasteiger partial charge in [-0.2, -0.15) is 0 Å². The molecule has 2 heteroatoms. The first-order valence-corrected chi connectivity index (χ1v) is 7.46. The highest BCUT2D eigenvalue weighted by Gasteiger charge is 2.24. The lowest BCUT2D eigenvalue weighted by molar-refractivity contribution is 0.126. The lowest BCUT2D eigenvalue weighted by atomic mass is 9.86.